The van der Waals surface area contributed by atoms with Gasteiger partial charge in [-0.3, -0.25) is 0 Å². The molecule has 0 spiro atoms. The molecule has 4 rings (SSSR count). The molecule has 3 aromatic heterocycles. The Labute approximate surface area is 188 Å². The molecule has 8 heteroatoms. The van der Waals surface area contributed by atoms with E-state index in [2.05, 4.69) is 46.4 Å². The van der Waals surface area contributed by atoms with Gasteiger partial charge >= 0.3 is 0 Å². The second kappa shape index (κ2) is 8.45. The lowest BCUT2D eigenvalue weighted by molar-refractivity contribution is 0.417. The average molecular weight is 432 g/mol. The van der Waals surface area contributed by atoms with Crippen LogP contribution in [0.1, 0.15) is 26.5 Å². The quantitative estimate of drug-likeness (QED) is 0.447. The maximum absolute atomic E-state index is 5.62. The number of aryl methyl sites for hydroxylation is 2. The van der Waals surface area contributed by atoms with Crippen molar-refractivity contribution in [1.29, 1.82) is 0 Å². The predicted octanol–water partition coefficient (Wildman–Crippen LogP) is 4.94. The Kier molecular flexibility index (Phi) is 5.69. The van der Waals surface area contributed by atoms with Gasteiger partial charge in [0, 0.05) is 48.8 Å². The van der Waals surface area contributed by atoms with E-state index in [4.69, 9.17) is 9.72 Å². The van der Waals surface area contributed by atoms with Crippen LogP contribution in [0.5, 0.6) is 5.75 Å². The molecule has 0 bridgehead atoms. The van der Waals surface area contributed by atoms with Gasteiger partial charge in [0.25, 0.3) is 0 Å². The Hall–Kier alpha value is -3.68. The Morgan fingerprint density at radius 2 is 1.91 bits per heavy atom. The van der Waals surface area contributed by atoms with E-state index in [9.17, 15) is 0 Å². The Bertz CT molecular complexity index is 1260. The molecule has 0 radical (unpaired) electrons. The molecule has 0 aliphatic rings. The van der Waals surface area contributed by atoms with E-state index in [0.29, 0.717) is 11.7 Å². The molecule has 0 atom stereocenters. The molecule has 0 fully saturated rings. The van der Waals surface area contributed by atoms with Crippen LogP contribution < -0.4 is 15.4 Å². The Balaban J connectivity index is 1.67. The Morgan fingerprint density at radius 1 is 1.09 bits per heavy atom. The first-order valence-electron chi connectivity index (χ1n) is 10.5. The molecule has 32 heavy (non-hydrogen) atoms. The predicted molar refractivity (Wildman–Crippen MR) is 128 cm³/mol. The minimum absolute atomic E-state index is 0.119. The van der Waals surface area contributed by atoms with Gasteiger partial charge in [-0.25, -0.2) is 19.9 Å². The molecule has 0 saturated carbocycles. The zero-order valence-corrected chi connectivity index (χ0v) is 19.4. The van der Waals surface area contributed by atoms with Gasteiger partial charge < -0.3 is 19.9 Å². The van der Waals surface area contributed by atoms with Gasteiger partial charge in [-0.2, -0.15) is 0 Å². The summed E-state index contributed by atoms with van der Waals surface area (Å²) in [6, 6.07) is 7.88. The fraction of sp³-hybridized carbons (Fsp3) is 0.333. The number of hydrogen-bond donors (Lipinski definition) is 2. The lowest BCUT2D eigenvalue weighted by atomic mass is 9.97. The van der Waals surface area contributed by atoms with E-state index in [1.807, 2.05) is 55.2 Å². The highest BCUT2D eigenvalue weighted by molar-refractivity contribution is 5.89. The topological polar surface area (TPSA) is 89.8 Å². The van der Waals surface area contributed by atoms with Gasteiger partial charge in [-0.15, -0.1) is 0 Å². The molecule has 166 valence electrons. The molecular formula is C24H29N7O. The molecule has 1 aromatic carbocycles. The molecule has 0 saturated heterocycles. The molecule has 2 N–H and O–H groups in total. The van der Waals surface area contributed by atoms with Crippen LogP contribution >= 0.6 is 0 Å². The SMILES string of the molecule is COc1cc(-c2nccn2C)ccc1Nc1ncc2cc(C)nc(NCC(C)(C)C)c2n1. The van der Waals surface area contributed by atoms with Gasteiger partial charge in [0.1, 0.15) is 17.1 Å². The van der Waals surface area contributed by atoms with Gasteiger partial charge in [0.05, 0.1) is 12.8 Å². The number of fused-ring (bicyclic) bond motifs is 1. The molecule has 3 heterocycles. The third-order valence-corrected chi connectivity index (χ3v) is 5.01. The van der Waals surface area contributed by atoms with Crippen molar-refractivity contribution in [2.45, 2.75) is 27.7 Å². The lowest BCUT2D eigenvalue weighted by Crippen LogP contribution is -2.20. The summed E-state index contributed by atoms with van der Waals surface area (Å²) in [4.78, 5) is 18.3. The first-order chi connectivity index (χ1) is 15.2. The lowest BCUT2D eigenvalue weighted by Gasteiger charge is -2.20. The minimum atomic E-state index is 0.119. The summed E-state index contributed by atoms with van der Waals surface area (Å²) in [5.41, 5.74) is 3.56. The number of anilines is 3. The number of hydrogen-bond acceptors (Lipinski definition) is 7. The number of nitrogens with one attached hydrogen (secondary N) is 2. The van der Waals surface area contributed by atoms with E-state index < -0.39 is 0 Å². The van der Waals surface area contributed by atoms with Gasteiger partial charge in [0.15, 0.2) is 5.82 Å². The maximum atomic E-state index is 5.62. The highest BCUT2D eigenvalue weighted by Crippen LogP contribution is 2.32. The highest BCUT2D eigenvalue weighted by Gasteiger charge is 2.15. The summed E-state index contributed by atoms with van der Waals surface area (Å²) in [7, 11) is 3.61. The third-order valence-electron chi connectivity index (χ3n) is 5.01. The molecule has 8 nitrogen and oxygen atoms in total. The number of methoxy groups -OCH3 is 1. The average Bonchev–Trinajstić information content (AvgIpc) is 3.18. The molecule has 0 unspecified atom stereocenters. The molecule has 0 amide bonds. The van der Waals surface area contributed by atoms with E-state index in [1.165, 1.54) is 0 Å². The Morgan fingerprint density at radius 3 is 2.59 bits per heavy atom. The zero-order chi connectivity index (χ0) is 22.9. The zero-order valence-electron chi connectivity index (χ0n) is 19.4. The van der Waals surface area contributed by atoms with Crippen molar-refractivity contribution in [2.75, 3.05) is 24.3 Å². The number of nitrogens with zero attached hydrogens (tertiary/aromatic N) is 5. The number of aromatic nitrogens is 5. The highest BCUT2D eigenvalue weighted by atomic mass is 16.5. The van der Waals surface area contributed by atoms with Crippen LogP contribution in [0.25, 0.3) is 22.3 Å². The number of rotatable bonds is 6. The smallest absolute Gasteiger partial charge is 0.227 e. The van der Waals surface area contributed by atoms with Crippen molar-refractivity contribution in [1.82, 2.24) is 24.5 Å². The molecular weight excluding hydrogens is 402 g/mol. The summed E-state index contributed by atoms with van der Waals surface area (Å²) < 4.78 is 7.59. The fourth-order valence-electron chi connectivity index (χ4n) is 3.40. The largest absolute Gasteiger partial charge is 0.495 e. The third kappa shape index (κ3) is 4.64. The van der Waals surface area contributed by atoms with Crippen LogP contribution in [0.4, 0.5) is 17.5 Å². The van der Waals surface area contributed by atoms with E-state index in [0.717, 1.165) is 46.0 Å². The van der Waals surface area contributed by atoms with Crippen LogP contribution in [-0.4, -0.2) is 38.2 Å². The second-order valence-electron chi connectivity index (χ2n) is 9.06. The number of ether oxygens (including phenoxy) is 1. The number of imidazole rings is 1. The molecule has 4 aromatic rings. The van der Waals surface area contributed by atoms with Gasteiger partial charge in [-0.05, 0) is 36.6 Å². The number of pyridine rings is 1. The van der Waals surface area contributed by atoms with Crippen LogP contribution in [-0.2, 0) is 7.05 Å². The number of benzene rings is 1. The van der Waals surface area contributed by atoms with Crippen molar-refractivity contribution >= 4 is 28.4 Å². The summed E-state index contributed by atoms with van der Waals surface area (Å²) >= 11 is 0. The van der Waals surface area contributed by atoms with Crippen LogP contribution in [0, 0.1) is 12.3 Å². The van der Waals surface area contributed by atoms with E-state index in [-0.39, 0.29) is 5.41 Å². The van der Waals surface area contributed by atoms with Gasteiger partial charge in [-0.1, -0.05) is 20.8 Å². The van der Waals surface area contributed by atoms with Crippen LogP contribution in [0.2, 0.25) is 0 Å². The van der Waals surface area contributed by atoms with Crippen LogP contribution in [0.3, 0.4) is 0 Å². The standard InChI is InChI=1S/C24H29N7O/c1-15-11-17-13-26-23(30-20(17)21(28-15)27-14-24(2,3)4)29-18-8-7-16(12-19(18)32-6)22-25-9-10-31(22)5/h7-13H,14H2,1-6H3,(H,27,28)(H,26,29,30). The molecule has 0 aliphatic heterocycles. The van der Waals surface area contributed by atoms with Crippen molar-refractivity contribution in [3.63, 3.8) is 0 Å². The van der Waals surface area contributed by atoms with Crippen molar-refractivity contribution < 1.29 is 4.74 Å². The van der Waals surface area contributed by atoms with Crippen molar-refractivity contribution in [2.24, 2.45) is 12.5 Å². The van der Waals surface area contributed by atoms with E-state index in [1.54, 1.807) is 13.3 Å². The van der Waals surface area contributed by atoms with E-state index >= 15 is 0 Å². The summed E-state index contributed by atoms with van der Waals surface area (Å²) in [6.07, 6.45) is 5.51. The second-order valence-corrected chi connectivity index (χ2v) is 9.06. The first-order valence-corrected chi connectivity index (χ1v) is 10.5. The summed E-state index contributed by atoms with van der Waals surface area (Å²) in [6.45, 7) is 9.30. The minimum Gasteiger partial charge on any atom is -0.495 e. The van der Waals surface area contributed by atoms with Crippen molar-refractivity contribution in [3.05, 3.63) is 48.5 Å². The fourth-order valence-corrected chi connectivity index (χ4v) is 3.40. The van der Waals surface area contributed by atoms with Crippen molar-refractivity contribution in [3.8, 4) is 17.1 Å². The monoisotopic (exact) mass is 431 g/mol. The molecule has 0 aliphatic carbocycles. The summed E-state index contributed by atoms with van der Waals surface area (Å²) in [5, 5.41) is 7.68. The normalized spacial score (nSPS) is 11.6. The van der Waals surface area contributed by atoms with Crippen LogP contribution in [0.15, 0.2) is 42.9 Å². The maximum Gasteiger partial charge on any atom is 0.227 e. The summed E-state index contributed by atoms with van der Waals surface area (Å²) in [5.74, 6) is 2.79. The first kappa shape index (κ1) is 21.5. The van der Waals surface area contributed by atoms with Gasteiger partial charge in [0.2, 0.25) is 5.95 Å².